The molecule has 0 aliphatic carbocycles. The third-order valence-electron chi connectivity index (χ3n) is 2.36. The van der Waals surface area contributed by atoms with Crippen LogP contribution in [0.1, 0.15) is 12.5 Å². The molecule has 0 saturated heterocycles. The van der Waals surface area contributed by atoms with E-state index in [0.29, 0.717) is 0 Å². The molecule has 18 heavy (non-hydrogen) atoms. The number of carbonyl (C=O) groups excluding carboxylic acids is 1. The molecule has 0 bridgehead atoms. The summed E-state index contributed by atoms with van der Waals surface area (Å²) in [7, 11) is 0. The van der Waals surface area contributed by atoms with Crippen LogP contribution in [-0.2, 0) is 9.59 Å². The van der Waals surface area contributed by atoms with E-state index < -0.39 is 12.0 Å². The number of hydrogen-bond donors (Lipinski definition) is 3. The van der Waals surface area contributed by atoms with Crippen LogP contribution in [0.2, 0.25) is 0 Å². The maximum absolute atomic E-state index is 10.9. The molecule has 0 aliphatic rings. The van der Waals surface area contributed by atoms with Crippen molar-refractivity contribution in [2.24, 2.45) is 0 Å². The summed E-state index contributed by atoms with van der Waals surface area (Å²) in [5, 5.41) is 14.3. The molecule has 1 unspecified atom stereocenters. The first-order valence-corrected chi connectivity index (χ1v) is 6.48. The molecular weight excluding hydrogens is 347 g/mol. The summed E-state index contributed by atoms with van der Waals surface area (Å²) >= 11 is 2.21. The molecule has 0 spiro atoms. The molecule has 5 nitrogen and oxygen atoms in total. The number of nitrogens with one attached hydrogen (secondary N) is 2. The highest BCUT2D eigenvalue weighted by Gasteiger charge is 2.17. The van der Waals surface area contributed by atoms with Crippen LogP contribution >= 0.6 is 22.6 Å². The Kier molecular flexibility index (Phi) is 5.39. The maximum Gasteiger partial charge on any atom is 0.328 e. The molecule has 1 aromatic rings. The van der Waals surface area contributed by atoms with Gasteiger partial charge in [-0.05, 0) is 47.2 Å². The molecule has 6 heteroatoms. The Balaban J connectivity index is 2.64. The fourth-order valence-corrected chi connectivity index (χ4v) is 1.88. The van der Waals surface area contributed by atoms with Crippen LogP contribution in [0.3, 0.4) is 0 Å². The summed E-state index contributed by atoms with van der Waals surface area (Å²) < 4.78 is 1.10. The Morgan fingerprint density at radius 2 is 2.11 bits per heavy atom. The zero-order chi connectivity index (χ0) is 13.7. The SMILES string of the molecule is CC(=O)NC(CNc1ccc(C)c(I)c1)C(=O)O. The van der Waals surface area contributed by atoms with E-state index in [1.54, 1.807) is 0 Å². The van der Waals surface area contributed by atoms with E-state index >= 15 is 0 Å². The summed E-state index contributed by atoms with van der Waals surface area (Å²) in [5.41, 5.74) is 2.00. The number of aliphatic carboxylic acids is 1. The van der Waals surface area contributed by atoms with Gasteiger partial charge in [-0.15, -0.1) is 0 Å². The van der Waals surface area contributed by atoms with Gasteiger partial charge in [0, 0.05) is 22.7 Å². The Hall–Kier alpha value is -1.31. The zero-order valence-corrected chi connectivity index (χ0v) is 12.3. The smallest absolute Gasteiger partial charge is 0.328 e. The number of halogens is 1. The van der Waals surface area contributed by atoms with Gasteiger partial charge in [0.05, 0.1) is 0 Å². The van der Waals surface area contributed by atoms with Crippen LogP contribution in [0.4, 0.5) is 5.69 Å². The average molecular weight is 362 g/mol. The second-order valence-electron chi connectivity index (χ2n) is 3.94. The van der Waals surface area contributed by atoms with Gasteiger partial charge in [0.2, 0.25) is 5.91 Å². The number of benzene rings is 1. The van der Waals surface area contributed by atoms with E-state index in [1.807, 2.05) is 25.1 Å². The molecule has 1 rings (SSSR count). The van der Waals surface area contributed by atoms with Gasteiger partial charge in [-0.3, -0.25) is 4.79 Å². The van der Waals surface area contributed by atoms with Crippen molar-refractivity contribution in [3.63, 3.8) is 0 Å². The standard InChI is InChI=1S/C12H15IN2O3/c1-7-3-4-9(5-10(7)13)14-6-11(12(17)18)15-8(2)16/h3-5,11,14H,6H2,1-2H3,(H,15,16)(H,17,18). The molecule has 1 amide bonds. The van der Waals surface area contributed by atoms with E-state index in [9.17, 15) is 9.59 Å². The van der Waals surface area contributed by atoms with E-state index in [4.69, 9.17) is 5.11 Å². The number of carbonyl (C=O) groups is 2. The molecule has 0 heterocycles. The van der Waals surface area contributed by atoms with Crippen molar-refractivity contribution in [1.29, 1.82) is 0 Å². The Bertz CT molecular complexity index is 463. The summed E-state index contributed by atoms with van der Waals surface area (Å²) in [6.45, 7) is 3.45. The number of carboxylic acid groups (broad SMARTS) is 1. The second kappa shape index (κ2) is 6.58. The fourth-order valence-electron chi connectivity index (χ4n) is 1.37. The van der Waals surface area contributed by atoms with Gasteiger partial charge >= 0.3 is 5.97 Å². The normalized spacial score (nSPS) is 11.7. The minimum atomic E-state index is -1.06. The average Bonchev–Trinajstić information content (AvgIpc) is 2.28. The van der Waals surface area contributed by atoms with Crippen LogP contribution in [0.5, 0.6) is 0 Å². The lowest BCUT2D eigenvalue weighted by molar-refractivity contribution is -0.141. The monoisotopic (exact) mass is 362 g/mol. The fraction of sp³-hybridized carbons (Fsp3) is 0.333. The Morgan fingerprint density at radius 1 is 1.44 bits per heavy atom. The van der Waals surface area contributed by atoms with Crippen LogP contribution in [-0.4, -0.2) is 29.6 Å². The summed E-state index contributed by atoms with van der Waals surface area (Å²) in [5.74, 6) is -1.41. The molecule has 3 N–H and O–H groups in total. The predicted molar refractivity (Wildman–Crippen MR) is 77.6 cm³/mol. The van der Waals surface area contributed by atoms with Gasteiger partial charge in [-0.25, -0.2) is 4.79 Å². The lowest BCUT2D eigenvalue weighted by Gasteiger charge is -2.15. The van der Waals surface area contributed by atoms with Crippen LogP contribution in [0.15, 0.2) is 18.2 Å². The summed E-state index contributed by atoms with van der Waals surface area (Å²) in [6.07, 6.45) is 0. The van der Waals surface area contributed by atoms with Crippen molar-refractivity contribution in [2.45, 2.75) is 19.9 Å². The van der Waals surface area contributed by atoms with Crippen LogP contribution in [0.25, 0.3) is 0 Å². The van der Waals surface area contributed by atoms with Crippen molar-refractivity contribution in [1.82, 2.24) is 5.32 Å². The number of rotatable bonds is 5. The van der Waals surface area contributed by atoms with Gasteiger partial charge in [-0.2, -0.15) is 0 Å². The number of aryl methyl sites for hydroxylation is 1. The molecule has 0 fully saturated rings. The van der Waals surface area contributed by atoms with Gasteiger partial charge in [0.25, 0.3) is 0 Å². The van der Waals surface area contributed by atoms with Crippen molar-refractivity contribution in [2.75, 3.05) is 11.9 Å². The highest BCUT2D eigenvalue weighted by molar-refractivity contribution is 14.1. The van der Waals surface area contributed by atoms with E-state index in [0.717, 1.165) is 14.8 Å². The molecule has 0 aliphatic heterocycles. The van der Waals surface area contributed by atoms with Crippen molar-refractivity contribution >= 4 is 40.2 Å². The third-order valence-corrected chi connectivity index (χ3v) is 3.52. The van der Waals surface area contributed by atoms with E-state index in [1.165, 1.54) is 6.92 Å². The maximum atomic E-state index is 10.9. The van der Waals surface area contributed by atoms with Gasteiger partial charge < -0.3 is 15.7 Å². The van der Waals surface area contributed by atoms with Crippen molar-refractivity contribution in [3.05, 3.63) is 27.3 Å². The zero-order valence-electron chi connectivity index (χ0n) is 10.2. The summed E-state index contributed by atoms with van der Waals surface area (Å²) in [4.78, 5) is 21.8. The van der Waals surface area contributed by atoms with Gasteiger partial charge in [0.15, 0.2) is 0 Å². The minimum absolute atomic E-state index is 0.147. The van der Waals surface area contributed by atoms with Gasteiger partial charge in [0.1, 0.15) is 6.04 Å². The minimum Gasteiger partial charge on any atom is -0.480 e. The Labute approximate surface area is 119 Å². The topological polar surface area (TPSA) is 78.4 Å². The van der Waals surface area contributed by atoms with Crippen molar-refractivity contribution < 1.29 is 14.7 Å². The lowest BCUT2D eigenvalue weighted by atomic mass is 10.2. The molecule has 0 radical (unpaired) electrons. The summed E-state index contributed by atoms with van der Waals surface area (Å²) in [6, 6.07) is 4.84. The molecule has 98 valence electrons. The first-order chi connectivity index (χ1) is 8.40. The highest BCUT2D eigenvalue weighted by atomic mass is 127. The van der Waals surface area contributed by atoms with Crippen LogP contribution in [0, 0.1) is 10.5 Å². The van der Waals surface area contributed by atoms with Crippen LogP contribution < -0.4 is 10.6 Å². The van der Waals surface area contributed by atoms with E-state index in [-0.39, 0.29) is 12.5 Å². The first-order valence-electron chi connectivity index (χ1n) is 5.40. The lowest BCUT2D eigenvalue weighted by Crippen LogP contribution is -2.44. The molecule has 0 saturated carbocycles. The Morgan fingerprint density at radius 3 is 2.61 bits per heavy atom. The number of carboxylic acids is 1. The van der Waals surface area contributed by atoms with Gasteiger partial charge in [-0.1, -0.05) is 6.07 Å². The van der Waals surface area contributed by atoms with Crippen molar-refractivity contribution in [3.8, 4) is 0 Å². The quantitative estimate of drug-likeness (QED) is 0.696. The number of hydrogen-bond acceptors (Lipinski definition) is 3. The molecule has 1 atom stereocenters. The van der Waals surface area contributed by atoms with E-state index in [2.05, 4.69) is 33.2 Å². The molecule has 0 aromatic heterocycles. The predicted octanol–water partition coefficient (Wildman–Crippen LogP) is 1.60. The first kappa shape index (κ1) is 14.7. The molecule has 1 aromatic carbocycles. The largest absolute Gasteiger partial charge is 0.480 e. The number of amides is 1. The molecular formula is C12H15IN2O3. The number of anilines is 1. The highest BCUT2D eigenvalue weighted by Crippen LogP contribution is 2.16. The third kappa shape index (κ3) is 4.52. The second-order valence-corrected chi connectivity index (χ2v) is 5.10.